The number of hydrogen-bond acceptors (Lipinski definition) is 5. The number of nitrogens with zero attached hydrogens (tertiary/aromatic N) is 2. The Labute approximate surface area is 128 Å². The molecule has 1 atom stereocenters. The fraction of sp³-hybridized carbons (Fsp3) is 0.400. The first-order valence-electron chi connectivity index (χ1n) is 6.79. The summed E-state index contributed by atoms with van der Waals surface area (Å²) in [6, 6.07) is 8.82. The van der Waals surface area contributed by atoms with Gasteiger partial charge < -0.3 is 9.47 Å². The Balaban J connectivity index is 2.60. The SMILES string of the molecule is COC(=O)N1C(=O)[C@](c2ccccc2)(C(C)C)N1C(=O)OC. The predicted octanol–water partition coefficient (Wildman–Crippen LogP) is 2.13. The lowest BCUT2D eigenvalue weighted by molar-refractivity contribution is -0.209. The summed E-state index contributed by atoms with van der Waals surface area (Å²) in [6.07, 6.45) is -1.73. The van der Waals surface area contributed by atoms with E-state index in [-0.39, 0.29) is 5.92 Å². The van der Waals surface area contributed by atoms with Crippen LogP contribution in [0.5, 0.6) is 0 Å². The number of imide groups is 1. The van der Waals surface area contributed by atoms with Crippen molar-refractivity contribution < 1.29 is 23.9 Å². The Bertz CT molecular complexity index is 601. The topological polar surface area (TPSA) is 76.2 Å². The van der Waals surface area contributed by atoms with E-state index in [0.717, 1.165) is 12.1 Å². The van der Waals surface area contributed by atoms with Gasteiger partial charge in [-0.15, -0.1) is 5.01 Å². The summed E-state index contributed by atoms with van der Waals surface area (Å²) in [5.74, 6) is -0.798. The molecule has 1 aromatic rings. The molecule has 1 aliphatic heterocycles. The monoisotopic (exact) mass is 306 g/mol. The van der Waals surface area contributed by atoms with Crippen LogP contribution in [-0.2, 0) is 19.8 Å². The van der Waals surface area contributed by atoms with Gasteiger partial charge in [-0.2, -0.15) is 5.01 Å². The van der Waals surface area contributed by atoms with Gasteiger partial charge in [0.05, 0.1) is 14.2 Å². The van der Waals surface area contributed by atoms with Crippen LogP contribution in [0, 0.1) is 5.92 Å². The second kappa shape index (κ2) is 5.67. The second-order valence-electron chi connectivity index (χ2n) is 5.16. The maximum absolute atomic E-state index is 12.7. The van der Waals surface area contributed by atoms with E-state index in [4.69, 9.17) is 4.74 Å². The predicted molar refractivity (Wildman–Crippen MR) is 76.5 cm³/mol. The molecule has 0 aromatic heterocycles. The van der Waals surface area contributed by atoms with Crippen LogP contribution in [0.2, 0.25) is 0 Å². The van der Waals surface area contributed by atoms with Gasteiger partial charge in [0, 0.05) is 0 Å². The van der Waals surface area contributed by atoms with Crippen LogP contribution in [0.15, 0.2) is 30.3 Å². The normalized spacial score (nSPS) is 20.7. The lowest BCUT2D eigenvalue weighted by Crippen LogP contribution is -2.79. The number of methoxy groups -OCH3 is 2. The number of ether oxygens (including phenoxy) is 2. The molecule has 0 bridgehead atoms. The zero-order valence-corrected chi connectivity index (χ0v) is 12.9. The van der Waals surface area contributed by atoms with Crippen LogP contribution in [0.1, 0.15) is 19.4 Å². The summed E-state index contributed by atoms with van der Waals surface area (Å²) in [5.41, 5.74) is -0.678. The molecule has 1 fully saturated rings. The molecule has 0 spiro atoms. The molecule has 1 heterocycles. The van der Waals surface area contributed by atoms with Crippen LogP contribution in [0.25, 0.3) is 0 Å². The van der Waals surface area contributed by atoms with E-state index in [9.17, 15) is 14.4 Å². The van der Waals surface area contributed by atoms with Crippen molar-refractivity contribution in [1.29, 1.82) is 0 Å². The van der Waals surface area contributed by atoms with Crippen molar-refractivity contribution in [3.05, 3.63) is 35.9 Å². The Kier molecular flexibility index (Phi) is 4.07. The van der Waals surface area contributed by atoms with Crippen molar-refractivity contribution >= 4 is 18.1 Å². The number of rotatable bonds is 2. The van der Waals surface area contributed by atoms with Crippen molar-refractivity contribution in [2.45, 2.75) is 19.4 Å². The highest BCUT2D eigenvalue weighted by molar-refractivity contribution is 6.06. The first kappa shape index (κ1) is 15.8. The summed E-state index contributed by atoms with van der Waals surface area (Å²) < 4.78 is 9.31. The molecule has 22 heavy (non-hydrogen) atoms. The van der Waals surface area contributed by atoms with Crippen LogP contribution in [0.3, 0.4) is 0 Å². The molecule has 1 aliphatic rings. The fourth-order valence-corrected chi connectivity index (χ4v) is 2.78. The summed E-state index contributed by atoms with van der Waals surface area (Å²) in [4.78, 5) is 36.7. The molecular formula is C15H18N2O5. The molecule has 0 N–H and O–H groups in total. The van der Waals surface area contributed by atoms with E-state index in [1.165, 1.54) is 7.11 Å². The van der Waals surface area contributed by atoms with Gasteiger partial charge in [-0.05, 0) is 11.5 Å². The van der Waals surface area contributed by atoms with Gasteiger partial charge in [-0.1, -0.05) is 44.2 Å². The Morgan fingerprint density at radius 2 is 1.59 bits per heavy atom. The van der Waals surface area contributed by atoms with Gasteiger partial charge in [0.25, 0.3) is 5.91 Å². The smallest absolute Gasteiger partial charge is 0.436 e. The lowest BCUT2D eigenvalue weighted by Gasteiger charge is -2.56. The highest BCUT2D eigenvalue weighted by atomic mass is 16.6. The summed E-state index contributed by atoms with van der Waals surface area (Å²) in [7, 11) is 2.33. The summed E-state index contributed by atoms with van der Waals surface area (Å²) >= 11 is 0. The van der Waals surface area contributed by atoms with Gasteiger partial charge in [-0.3, -0.25) is 4.79 Å². The quantitative estimate of drug-likeness (QED) is 0.836. The van der Waals surface area contributed by atoms with Gasteiger partial charge in [-0.25, -0.2) is 9.59 Å². The third kappa shape index (κ3) is 1.93. The van der Waals surface area contributed by atoms with Crippen LogP contribution < -0.4 is 0 Å². The molecule has 1 aromatic carbocycles. The zero-order valence-electron chi connectivity index (χ0n) is 12.9. The first-order chi connectivity index (χ1) is 10.4. The Morgan fingerprint density at radius 3 is 2.05 bits per heavy atom. The van der Waals surface area contributed by atoms with Crippen molar-refractivity contribution in [2.75, 3.05) is 14.2 Å². The van der Waals surface area contributed by atoms with E-state index in [2.05, 4.69) is 4.74 Å². The molecule has 3 amide bonds. The first-order valence-corrected chi connectivity index (χ1v) is 6.79. The van der Waals surface area contributed by atoms with Crippen molar-refractivity contribution in [2.24, 2.45) is 5.92 Å². The van der Waals surface area contributed by atoms with Crippen LogP contribution in [-0.4, -0.2) is 42.3 Å². The maximum atomic E-state index is 12.7. The molecule has 7 nitrogen and oxygen atoms in total. The maximum Gasteiger partial charge on any atom is 0.436 e. The van der Waals surface area contributed by atoms with Crippen molar-refractivity contribution in [1.82, 2.24) is 10.0 Å². The molecule has 0 radical (unpaired) electrons. The number of amides is 3. The van der Waals surface area contributed by atoms with E-state index < -0.39 is 23.6 Å². The average Bonchev–Trinajstić information content (AvgIpc) is 2.52. The molecule has 118 valence electrons. The molecular weight excluding hydrogens is 288 g/mol. The molecule has 0 unspecified atom stereocenters. The fourth-order valence-electron chi connectivity index (χ4n) is 2.78. The molecule has 1 saturated heterocycles. The highest BCUT2D eigenvalue weighted by Crippen LogP contribution is 2.47. The minimum Gasteiger partial charge on any atom is -0.451 e. The van der Waals surface area contributed by atoms with E-state index >= 15 is 0 Å². The van der Waals surface area contributed by atoms with E-state index in [1.807, 2.05) is 0 Å². The number of carbonyl (C=O) groups is 3. The minimum absolute atomic E-state index is 0.276. The molecule has 2 rings (SSSR count). The number of hydrogen-bond donors (Lipinski definition) is 0. The van der Waals surface area contributed by atoms with Crippen LogP contribution in [0.4, 0.5) is 9.59 Å². The Morgan fingerprint density at radius 1 is 1.05 bits per heavy atom. The summed E-state index contributed by atoms with van der Waals surface area (Å²) in [6.45, 7) is 3.60. The Hall–Kier alpha value is -2.57. The molecule has 7 heteroatoms. The summed E-state index contributed by atoms with van der Waals surface area (Å²) in [5, 5.41) is 1.68. The largest absolute Gasteiger partial charge is 0.451 e. The third-order valence-corrected chi connectivity index (χ3v) is 3.80. The number of carbonyl (C=O) groups excluding carboxylic acids is 3. The van der Waals surface area contributed by atoms with Crippen LogP contribution >= 0.6 is 0 Å². The minimum atomic E-state index is -1.29. The van der Waals surface area contributed by atoms with Gasteiger partial charge in [0.15, 0.2) is 5.54 Å². The molecule has 0 aliphatic carbocycles. The zero-order chi connectivity index (χ0) is 16.5. The lowest BCUT2D eigenvalue weighted by atomic mass is 9.75. The van der Waals surface area contributed by atoms with E-state index in [1.54, 1.807) is 44.2 Å². The van der Waals surface area contributed by atoms with E-state index in [0.29, 0.717) is 10.6 Å². The van der Waals surface area contributed by atoms with Gasteiger partial charge in [0.1, 0.15) is 0 Å². The standard InChI is InChI=1S/C15H18N2O5/c1-10(2)15(11-8-6-5-7-9-11)12(18)16(13(19)21-3)17(15)14(20)22-4/h5-10H,1-4H3/t15-/m1/s1. The number of hydrazine groups is 1. The van der Waals surface area contributed by atoms with Crippen molar-refractivity contribution in [3.63, 3.8) is 0 Å². The number of benzene rings is 1. The second-order valence-corrected chi connectivity index (χ2v) is 5.16. The third-order valence-electron chi connectivity index (χ3n) is 3.80. The van der Waals surface area contributed by atoms with Crippen molar-refractivity contribution in [3.8, 4) is 0 Å². The molecule has 0 saturated carbocycles. The average molecular weight is 306 g/mol. The highest BCUT2D eigenvalue weighted by Gasteiger charge is 2.67. The van der Waals surface area contributed by atoms with Gasteiger partial charge >= 0.3 is 12.2 Å². The van der Waals surface area contributed by atoms with Gasteiger partial charge in [0.2, 0.25) is 0 Å².